The molecule has 1 saturated heterocycles. The highest BCUT2D eigenvalue weighted by Crippen LogP contribution is 2.21. The van der Waals surface area contributed by atoms with Crippen molar-refractivity contribution in [3.63, 3.8) is 0 Å². The first-order chi connectivity index (χ1) is 11.8. The molecule has 0 aliphatic carbocycles. The number of likely N-dealkylation sites (tertiary alicyclic amines) is 1. The fraction of sp³-hybridized carbons (Fsp3) is 0.474. The number of aryl methyl sites for hydroxylation is 1. The average molecular weight is 324 g/mol. The standard InChI is InChI=1S/C19H24N4O/c24-19(21-16-8-9-18-20-10-12-23(18)14-16)17-7-4-11-22(17)13-15-5-2-1-3-6-15/h1-3,5-6,10,12,16-17H,4,7-9,11,13-14H2,(H,21,24)/t16-,17+/m0/s1. The molecule has 0 radical (unpaired) electrons. The van der Waals surface area contributed by atoms with E-state index in [1.807, 2.05) is 18.5 Å². The van der Waals surface area contributed by atoms with Crippen LogP contribution in [0.25, 0.3) is 0 Å². The number of nitrogens with one attached hydrogen (secondary N) is 1. The van der Waals surface area contributed by atoms with Crippen LogP contribution in [0.4, 0.5) is 0 Å². The van der Waals surface area contributed by atoms with Gasteiger partial charge >= 0.3 is 0 Å². The van der Waals surface area contributed by atoms with E-state index in [-0.39, 0.29) is 18.0 Å². The van der Waals surface area contributed by atoms with Crippen LogP contribution in [-0.2, 0) is 24.3 Å². The Morgan fingerprint density at radius 2 is 2.12 bits per heavy atom. The summed E-state index contributed by atoms with van der Waals surface area (Å²) in [5.74, 6) is 1.32. The van der Waals surface area contributed by atoms with Gasteiger partial charge in [-0.2, -0.15) is 0 Å². The molecule has 2 atom stereocenters. The highest BCUT2D eigenvalue weighted by Gasteiger charge is 2.32. The van der Waals surface area contributed by atoms with Crippen molar-refractivity contribution in [2.24, 2.45) is 0 Å². The van der Waals surface area contributed by atoms with Gasteiger partial charge in [-0.25, -0.2) is 4.98 Å². The first kappa shape index (κ1) is 15.4. The summed E-state index contributed by atoms with van der Waals surface area (Å²) in [4.78, 5) is 19.5. The third-order valence-electron chi connectivity index (χ3n) is 5.18. The lowest BCUT2D eigenvalue weighted by molar-refractivity contribution is -0.126. The number of amides is 1. The van der Waals surface area contributed by atoms with Gasteiger partial charge in [-0.05, 0) is 31.4 Å². The number of rotatable bonds is 4. The molecule has 0 unspecified atom stereocenters. The molecule has 2 aliphatic rings. The van der Waals surface area contributed by atoms with Gasteiger partial charge in [-0.1, -0.05) is 30.3 Å². The normalized spacial score (nSPS) is 23.8. The zero-order valence-electron chi connectivity index (χ0n) is 13.9. The maximum atomic E-state index is 12.8. The molecule has 1 fully saturated rings. The number of hydrogen-bond donors (Lipinski definition) is 1. The topological polar surface area (TPSA) is 50.2 Å². The van der Waals surface area contributed by atoms with Crippen LogP contribution in [-0.4, -0.2) is 39.0 Å². The Kier molecular flexibility index (Phi) is 4.34. The number of hydrogen-bond acceptors (Lipinski definition) is 3. The molecule has 0 bridgehead atoms. The van der Waals surface area contributed by atoms with E-state index in [4.69, 9.17) is 0 Å². The molecular weight excluding hydrogens is 300 g/mol. The van der Waals surface area contributed by atoms with Crippen molar-refractivity contribution in [1.29, 1.82) is 0 Å². The zero-order chi connectivity index (χ0) is 16.4. The highest BCUT2D eigenvalue weighted by molar-refractivity contribution is 5.82. The van der Waals surface area contributed by atoms with E-state index in [1.165, 1.54) is 5.56 Å². The van der Waals surface area contributed by atoms with Crippen LogP contribution >= 0.6 is 0 Å². The summed E-state index contributed by atoms with van der Waals surface area (Å²) in [7, 11) is 0. The summed E-state index contributed by atoms with van der Waals surface area (Å²) < 4.78 is 2.16. The number of nitrogens with zero attached hydrogens (tertiary/aromatic N) is 3. The van der Waals surface area contributed by atoms with Crippen molar-refractivity contribution < 1.29 is 4.79 Å². The first-order valence-corrected chi connectivity index (χ1v) is 8.88. The van der Waals surface area contributed by atoms with Crippen molar-refractivity contribution in [2.45, 2.75) is 50.9 Å². The van der Waals surface area contributed by atoms with Gasteiger partial charge in [-0.15, -0.1) is 0 Å². The Morgan fingerprint density at radius 1 is 1.25 bits per heavy atom. The third kappa shape index (κ3) is 3.22. The molecule has 0 saturated carbocycles. The van der Waals surface area contributed by atoms with E-state index in [0.29, 0.717) is 0 Å². The molecule has 1 aromatic heterocycles. The SMILES string of the molecule is O=C(N[C@H]1CCc2nccn2C1)[C@H]1CCCN1Cc1ccccc1. The molecule has 0 spiro atoms. The van der Waals surface area contributed by atoms with Crippen LogP contribution in [0.1, 0.15) is 30.7 Å². The number of fused-ring (bicyclic) bond motifs is 1. The number of imidazole rings is 1. The molecule has 1 amide bonds. The lowest BCUT2D eigenvalue weighted by Crippen LogP contribution is -2.49. The van der Waals surface area contributed by atoms with E-state index in [2.05, 4.69) is 44.0 Å². The predicted molar refractivity (Wildman–Crippen MR) is 92.4 cm³/mol. The van der Waals surface area contributed by atoms with Gasteiger partial charge in [0.05, 0.1) is 6.04 Å². The lowest BCUT2D eigenvalue weighted by Gasteiger charge is -2.29. The summed E-state index contributed by atoms with van der Waals surface area (Å²) in [6, 6.07) is 10.7. The van der Waals surface area contributed by atoms with Gasteiger partial charge in [0.2, 0.25) is 5.91 Å². The molecule has 126 valence electrons. The molecule has 4 rings (SSSR count). The Bertz CT molecular complexity index is 696. The van der Waals surface area contributed by atoms with Crippen LogP contribution in [0.2, 0.25) is 0 Å². The number of carbonyl (C=O) groups is 1. The van der Waals surface area contributed by atoms with E-state index in [9.17, 15) is 4.79 Å². The van der Waals surface area contributed by atoms with Crippen molar-refractivity contribution in [2.75, 3.05) is 6.54 Å². The van der Waals surface area contributed by atoms with Crippen molar-refractivity contribution in [1.82, 2.24) is 19.8 Å². The quantitative estimate of drug-likeness (QED) is 0.935. The number of carbonyl (C=O) groups excluding carboxylic acids is 1. The summed E-state index contributed by atoms with van der Waals surface area (Å²) in [6.07, 6.45) is 7.83. The van der Waals surface area contributed by atoms with Gasteiger partial charge in [0.15, 0.2) is 0 Å². The third-order valence-corrected chi connectivity index (χ3v) is 5.18. The molecule has 5 nitrogen and oxygen atoms in total. The van der Waals surface area contributed by atoms with Crippen LogP contribution in [0.3, 0.4) is 0 Å². The number of benzene rings is 1. The Labute approximate surface area is 142 Å². The fourth-order valence-corrected chi connectivity index (χ4v) is 3.91. The first-order valence-electron chi connectivity index (χ1n) is 8.88. The number of aromatic nitrogens is 2. The van der Waals surface area contributed by atoms with Gasteiger partial charge in [0.1, 0.15) is 5.82 Å². The molecule has 2 aliphatic heterocycles. The Balaban J connectivity index is 1.37. The van der Waals surface area contributed by atoms with Gasteiger partial charge in [0.25, 0.3) is 0 Å². The minimum Gasteiger partial charge on any atom is -0.350 e. The molecule has 1 aromatic carbocycles. The molecule has 3 heterocycles. The van der Waals surface area contributed by atoms with Crippen molar-refractivity contribution in [3.05, 3.63) is 54.1 Å². The van der Waals surface area contributed by atoms with Gasteiger partial charge < -0.3 is 9.88 Å². The van der Waals surface area contributed by atoms with Crippen LogP contribution in [0.5, 0.6) is 0 Å². The summed E-state index contributed by atoms with van der Waals surface area (Å²) in [5, 5.41) is 3.28. The van der Waals surface area contributed by atoms with Crippen LogP contribution in [0, 0.1) is 0 Å². The van der Waals surface area contributed by atoms with Crippen LogP contribution in [0.15, 0.2) is 42.7 Å². The van der Waals surface area contributed by atoms with E-state index < -0.39 is 0 Å². The minimum atomic E-state index is 0.00869. The van der Waals surface area contributed by atoms with Crippen LogP contribution < -0.4 is 5.32 Å². The molecule has 2 aromatic rings. The average Bonchev–Trinajstić information content (AvgIpc) is 3.24. The van der Waals surface area contributed by atoms with Crippen molar-refractivity contribution >= 4 is 5.91 Å². The fourth-order valence-electron chi connectivity index (χ4n) is 3.91. The van der Waals surface area contributed by atoms with E-state index in [1.54, 1.807) is 0 Å². The van der Waals surface area contributed by atoms with Crippen molar-refractivity contribution in [3.8, 4) is 0 Å². The van der Waals surface area contributed by atoms with Gasteiger partial charge in [-0.3, -0.25) is 9.69 Å². The maximum absolute atomic E-state index is 12.8. The summed E-state index contributed by atoms with van der Waals surface area (Å²) >= 11 is 0. The molecule has 24 heavy (non-hydrogen) atoms. The van der Waals surface area contributed by atoms with E-state index >= 15 is 0 Å². The zero-order valence-corrected chi connectivity index (χ0v) is 13.9. The summed E-state index contributed by atoms with van der Waals surface area (Å²) in [6.45, 7) is 2.70. The minimum absolute atomic E-state index is 0.00869. The maximum Gasteiger partial charge on any atom is 0.237 e. The van der Waals surface area contributed by atoms with E-state index in [0.717, 1.165) is 51.1 Å². The predicted octanol–water partition coefficient (Wildman–Crippen LogP) is 1.98. The second kappa shape index (κ2) is 6.77. The smallest absolute Gasteiger partial charge is 0.237 e. The second-order valence-corrected chi connectivity index (χ2v) is 6.85. The largest absolute Gasteiger partial charge is 0.350 e. The highest BCUT2D eigenvalue weighted by atomic mass is 16.2. The Hall–Kier alpha value is -2.14. The molecule has 5 heteroatoms. The molecular formula is C19H24N4O. The second-order valence-electron chi connectivity index (χ2n) is 6.85. The Morgan fingerprint density at radius 3 is 3.00 bits per heavy atom. The molecule has 1 N–H and O–H groups in total. The summed E-state index contributed by atoms with van der Waals surface area (Å²) in [5.41, 5.74) is 1.28. The monoisotopic (exact) mass is 324 g/mol. The van der Waals surface area contributed by atoms with Gasteiger partial charge in [0, 0.05) is 37.9 Å². The lowest BCUT2D eigenvalue weighted by atomic mass is 10.1.